The van der Waals surface area contributed by atoms with Gasteiger partial charge in [-0.15, -0.1) is 0 Å². The van der Waals surface area contributed by atoms with Gasteiger partial charge in [-0.05, 0) is 29.2 Å². The number of aromatic nitrogens is 2. The highest BCUT2D eigenvalue weighted by Gasteiger charge is 2.19. The molecular formula is C23H25FN4. The van der Waals surface area contributed by atoms with E-state index in [9.17, 15) is 4.39 Å². The van der Waals surface area contributed by atoms with Gasteiger partial charge in [0.2, 0.25) is 0 Å². The topological polar surface area (TPSA) is 49.8 Å². The Bertz CT molecular complexity index is 967. The maximum atomic E-state index is 13.2. The van der Waals surface area contributed by atoms with Gasteiger partial charge in [0.25, 0.3) is 0 Å². The lowest BCUT2D eigenvalue weighted by Crippen LogP contribution is -2.26. The number of benzene rings is 2. The van der Waals surface area contributed by atoms with E-state index in [-0.39, 0.29) is 5.82 Å². The van der Waals surface area contributed by atoms with Crippen LogP contribution in [-0.4, -0.2) is 16.5 Å². The Morgan fingerprint density at radius 3 is 2.64 bits per heavy atom. The van der Waals surface area contributed by atoms with E-state index in [2.05, 4.69) is 42.7 Å². The molecule has 2 heterocycles. The Balaban J connectivity index is 1.71. The first-order valence-corrected chi connectivity index (χ1v) is 9.80. The van der Waals surface area contributed by atoms with Crippen molar-refractivity contribution in [3.63, 3.8) is 0 Å². The first-order valence-electron chi connectivity index (χ1n) is 9.80. The Labute approximate surface area is 165 Å². The summed E-state index contributed by atoms with van der Waals surface area (Å²) >= 11 is 0. The molecule has 1 aromatic heterocycles. The number of halogens is 1. The summed E-state index contributed by atoms with van der Waals surface area (Å²) in [5, 5.41) is 6.86. The minimum absolute atomic E-state index is 0.222. The van der Waals surface area contributed by atoms with Gasteiger partial charge in [-0.3, -0.25) is 0 Å². The third-order valence-electron chi connectivity index (χ3n) is 5.13. The molecular weight excluding hydrogens is 351 g/mol. The quantitative estimate of drug-likeness (QED) is 0.680. The van der Waals surface area contributed by atoms with Gasteiger partial charge >= 0.3 is 0 Å². The molecule has 0 amide bonds. The average molecular weight is 376 g/mol. The molecule has 0 fully saturated rings. The first kappa shape index (κ1) is 18.6. The van der Waals surface area contributed by atoms with Crippen molar-refractivity contribution in [2.75, 3.05) is 11.9 Å². The molecule has 0 aliphatic carbocycles. The van der Waals surface area contributed by atoms with Crippen LogP contribution in [0.1, 0.15) is 42.1 Å². The minimum atomic E-state index is -0.222. The molecule has 2 aromatic carbocycles. The van der Waals surface area contributed by atoms with Gasteiger partial charge in [0.1, 0.15) is 11.6 Å². The zero-order chi connectivity index (χ0) is 19.5. The number of anilines is 1. The third kappa shape index (κ3) is 3.90. The zero-order valence-electron chi connectivity index (χ0n) is 16.3. The van der Waals surface area contributed by atoms with Gasteiger partial charge in [-0.25, -0.2) is 14.4 Å². The van der Waals surface area contributed by atoms with Crippen LogP contribution in [0.25, 0.3) is 11.4 Å². The summed E-state index contributed by atoms with van der Waals surface area (Å²) in [4.78, 5) is 9.81. The van der Waals surface area contributed by atoms with Crippen molar-refractivity contribution in [2.24, 2.45) is 0 Å². The molecule has 0 saturated carbocycles. The molecule has 5 heteroatoms. The molecule has 3 aromatic rings. The summed E-state index contributed by atoms with van der Waals surface area (Å²) in [6.07, 6.45) is 0.889. The Morgan fingerprint density at radius 1 is 1.07 bits per heavy atom. The fourth-order valence-corrected chi connectivity index (χ4v) is 3.60. The van der Waals surface area contributed by atoms with Crippen molar-refractivity contribution >= 4 is 5.82 Å². The molecule has 2 N–H and O–H groups in total. The van der Waals surface area contributed by atoms with Crippen molar-refractivity contribution in [3.05, 3.63) is 76.7 Å². The van der Waals surface area contributed by atoms with E-state index >= 15 is 0 Å². The Morgan fingerprint density at radius 2 is 1.86 bits per heavy atom. The van der Waals surface area contributed by atoms with Crippen LogP contribution >= 0.6 is 0 Å². The summed E-state index contributed by atoms with van der Waals surface area (Å²) in [6.45, 7) is 6.65. The molecule has 4 rings (SSSR count). The molecule has 28 heavy (non-hydrogen) atoms. The summed E-state index contributed by atoms with van der Waals surface area (Å²) in [5.74, 6) is 1.80. The van der Waals surface area contributed by atoms with Gasteiger partial charge < -0.3 is 10.6 Å². The lowest BCUT2D eigenvalue weighted by Gasteiger charge is -2.22. The second kappa shape index (κ2) is 8.07. The standard InChI is InChI=1S/C23H25FN4/c1-15(2)18-5-3-4-6-19(18)23-27-21-11-12-25-14-20(21)22(28-23)26-13-16-7-9-17(24)10-8-16/h3-10,15,25H,11-14H2,1-2H3,(H,26,27,28). The highest BCUT2D eigenvalue weighted by Crippen LogP contribution is 2.30. The second-order valence-electron chi connectivity index (χ2n) is 7.47. The fraction of sp³-hybridized carbons (Fsp3) is 0.304. The van der Waals surface area contributed by atoms with Crippen LogP contribution in [-0.2, 0) is 19.5 Å². The molecule has 0 saturated heterocycles. The van der Waals surface area contributed by atoms with Crippen LogP contribution in [0, 0.1) is 5.82 Å². The monoisotopic (exact) mass is 376 g/mol. The normalized spacial score (nSPS) is 13.4. The van der Waals surface area contributed by atoms with Gasteiger partial charge in [0.15, 0.2) is 5.82 Å². The van der Waals surface area contributed by atoms with E-state index in [0.717, 1.165) is 53.5 Å². The van der Waals surface area contributed by atoms with E-state index in [1.54, 1.807) is 12.1 Å². The number of nitrogens with one attached hydrogen (secondary N) is 2. The lowest BCUT2D eigenvalue weighted by atomic mass is 9.96. The van der Waals surface area contributed by atoms with Crippen LogP contribution in [0.15, 0.2) is 48.5 Å². The first-order chi connectivity index (χ1) is 13.6. The van der Waals surface area contributed by atoms with Crippen LogP contribution in [0.2, 0.25) is 0 Å². The summed E-state index contributed by atoms with van der Waals surface area (Å²) in [5.41, 5.74) is 5.58. The van der Waals surface area contributed by atoms with Crippen LogP contribution < -0.4 is 10.6 Å². The fourth-order valence-electron chi connectivity index (χ4n) is 3.60. The number of rotatable bonds is 5. The number of nitrogens with zero attached hydrogens (tertiary/aromatic N) is 2. The number of hydrogen-bond acceptors (Lipinski definition) is 4. The SMILES string of the molecule is CC(C)c1ccccc1-c1nc2c(c(NCc3ccc(F)cc3)n1)CNCC2. The van der Waals surface area contributed by atoms with Gasteiger partial charge in [-0.2, -0.15) is 0 Å². The van der Waals surface area contributed by atoms with E-state index < -0.39 is 0 Å². The van der Waals surface area contributed by atoms with Crippen molar-refractivity contribution < 1.29 is 4.39 Å². The highest BCUT2D eigenvalue weighted by atomic mass is 19.1. The van der Waals surface area contributed by atoms with Gasteiger partial charge in [0, 0.05) is 37.2 Å². The van der Waals surface area contributed by atoms with Crippen molar-refractivity contribution in [1.29, 1.82) is 0 Å². The van der Waals surface area contributed by atoms with Gasteiger partial charge in [-0.1, -0.05) is 50.2 Å². The van der Waals surface area contributed by atoms with Crippen LogP contribution in [0.5, 0.6) is 0 Å². The van der Waals surface area contributed by atoms with Crippen LogP contribution in [0.3, 0.4) is 0 Å². The van der Waals surface area contributed by atoms with E-state index in [0.29, 0.717) is 12.5 Å². The lowest BCUT2D eigenvalue weighted by molar-refractivity contribution is 0.626. The Hall–Kier alpha value is -2.79. The number of fused-ring (bicyclic) bond motifs is 1. The predicted octanol–water partition coefficient (Wildman–Crippen LogP) is 4.66. The maximum Gasteiger partial charge on any atom is 0.162 e. The van der Waals surface area contributed by atoms with E-state index in [1.807, 2.05) is 6.07 Å². The summed E-state index contributed by atoms with van der Waals surface area (Å²) in [6, 6.07) is 14.9. The van der Waals surface area contributed by atoms with Crippen molar-refractivity contribution in [3.8, 4) is 11.4 Å². The largest absolute Gasteiger partial charge is 0.366 e. The van der Waals surface area contributed by atoms with Crippen molar-refractivity contribution in [2.45, 2.75) is 39.3 Å². The molecule has 0 unspecified atom stereocenters. The smallest absolute Gasteiger partial charge is 0.162 e. The molecule has 4 nitrogen and oxygen atoms in total. The Kier molecular flexibility index (Phi) is 5.35. The van der Waals surface area contributed by atoms with Crippen molar-refractivity contribution in [1.82, 2.24) is 15.3 Å². The molecule has 144 valence electrons. The molecule has 1 aliphatic rings. The molecule has 0 radical (unpaired) electrons. The predicted molar refractivity (Wildman–Crippen MR) is 111 cm³/mol. The van der Waals surface area contributed by atoms with Gasteiger partial charge in [0.05, 0.1) is 5.69 Å². The average Bonchev–Trinajstić information content (AvgIpc) is 2.73. The molecule has 0 spiro atoms. The van der Waals surface area contributed by atoms with E-state index in [1.165, 1.54) is 17.7 Å². The molecule has 0 atom stereocenters. The zero-order valence-corrected chi connectivity index (χ0v) is 16.3. The number of hydrogen-bond donors (Lipinski definition) is 2. The third-order valence-corrected chi connectivity index (χ3v) is 5.13. The summed E-state index contributed by atoms with van der Waals surface area (Å²) < 4.78 is 13.2. The summed E-state index contributed by atoms with van der Waals surface area (Å²) in [7, 11) is 0. The molecule has 1 aliphatic heterocycles. The maximum absolute atomic E-state index is 13.2. The molecule has 0 bridgehead atoms. The second-order valence-corrected chi connectivity index (χ2v) is 7.47. The van der Waals surface area contributed by atoms with E-state index in [4.69, 9.17) is 9.97 Å². The minimum Gasteiger partial charge on any atom is -0.366 e. The highest BCUT2D eigenvalue weighted by molar-refractivity contribution is 5.64. The van der Waals surface area contributed by atoms with Crippen LogP contribution in [0.4, 0.5) is 10.2 Å².